The summed E-state index contributed by atoms with van der Waals surface area (Å²) in [5, 5.41) is 35.1. The number of carboxylic acids is 3. The highest BCUT2D eigenvalue weighted by molar-refractivity contribution is 5.89. The molecule has 0 radical (unpaired) electrons. The summed E-state index contributed by atoms with van der Waals surface area (Å²) in [7, 11) is 0. The molecule has 0 aromatic heterocycles. The number of nitrogens with zero attached hydrogens (tertiary/aromatic N) is 1. The maximum atomic E-state index is 11.1. The average molecular weight is 490 g/mol. The van der Waals surface area contributed by atoms with E-state index in [0.717, 1.165) is 0 Å². The second-order valence-electron chi connectivity index (χ2n) is 7.66. The van der Waals surface area contributed by atoms with Crippen LogP contribution in [0.1, 0.15) is 31.1 Å². The minimum Gasteiger partial charge on any atom is -0.478 e. The molecule has 4 rings (SSSR count). The summed E-state index contributed by atoms with van der Waals surface area (Å²) < 4.78 is 0. The molecule has 36 heavy (non-hydrogen) atoms. The largest absolute Gasteiger partial charge is 0.478 e. The fraction of sp³-hybridized carbons (Fsp3) is 0.0417. The van der Waals surface area contributed by atoms with E-state index in [9.17, 15) is 14.4 Å². The van der Waals surface area contributed by atoms with Crippen LogP contribution in [0.3, 0.4) is 0 Å². The number of hydrogen-bond acceptors (Lipinski definition) is 9. The second-order valence-corrected chi connectivity index (χ2v) is 7.66. The normalized spacial score (nSPS) is 15.2. The van der Waals surface area contributed by atoms with Gasteiger partial charge < -0.3 is 26.0 Å². The van der Waals surface area contributed by atoms with E-state index in [1.54, 1.807) is 42.5 Å². The Morgan fingerprint density at radius 3 is 1.58 bits per heavy atom. The molecule has 3 aromatic carbocycles. The predicted octanol–water partition coefficient (Wildman–Crippen LogP) is 2.82. The second kappa shape index (κ2) is 10.5. The number of carboxylic acid groups (broad SMARTS) is 3. The van der Waals surface area contributed by atoms with Gasteiger partial charge in [0.05, 0.1) is 22.4 Å². The number of carbonyl (C=O) groups is 3. The molecule has 12 nitrogen and oxygen atoms in total. The van der Waals surface area contributed by atoms with E-state index in [-0.39, 0.29) is 16.7 Å². The highest BCUT2D eigenvalue weighted by atomic mass is 16.4. The molecule has 0 saturated carbocycles. The molecule has 1 aliphatic rings. The average Bonchev–Trinajstić information content (AvgIpc) is 2.85. The lowest BCUT2D eigenvalue weighted by Crippen LogP contribution is -2.60. The molecule has 0 amide bonds. The van der Waals surface area contributed by atoms with Gasteiger partial charge in [-0.25, -0.2) is 14.4 Å². The molecule has 184 valence electrons. The summed E-state index contributed by atoms with van der Waals surface area (Å²) in [4.78, 5) is 33.3. The number of anilines is 3. The molecule has 12 heteroatoms. The number of aromatic carboxylic acids is 3. The Balaban J connectivity index is 1.52. The summed E-state index contributed by atoms with van der Waals surface area (Å²) in [5.74, 6) is -2.54. The van der Waals surface area contributed by atoms with Crippen molar-refractivity contribution in [2.45, 2.75) is 6.17 Å². The summed E-state index contributed by atoms with van der Waals surface area (Å²) in [6.07, 6.45) is 1.32. The van der Waals surface area contributed by atoms with Crippen molar-refractivity contribution in [3.8, 4) is 0 Å². The van der Waals surface area contributed by atoms with Gasteiger partial charge in [-0.3, -0.25) is 10.9 Å². The topological polar surface area (TPSA) is 175 Å². The molecule has 1 atom stereocenters. The van der Waals surface area contributed by atoms with Crippen molar-refractivity contribution in [1.82, 2.24) is 16.1 Å². The lowest BCUT2D eigenvalue weighted by atomic mass is 10.2. The van der Waals surface area contributed by atoms with Crippen molar-refractivity contribution in [3.63, 3.8) is 0 Å². The third kappa shape index (κ3) is 6.08. The molecule has 1 unspecified atom stereocenters. The summed E-state index contributed by atoms with van der Waals surface area (Å²) in [5.41, 5.74) is 11.6. The Bertz CT molecular complexity index is 1290. The van der Waals surface area contributed by atoms with Crippen LogP contribution in [0.15, 0.2) is 84.7 Å². The molecule has 0 spiro atoms. The van der Waals surface area contributed by atoms with Gasteiger partial charge in [0.15, 0.2) is 0 Å². The third-order valence-electron chi connectivity index (χ3n) is 5.07. The van der Waals surface area contributed by atoms with Gasteiger partial charge >= 0.3 is 17.9 Å². The summed E-state index contributed by atoms with van der Waals surface area (Å²) >= 11 is 0. The van der Waals surface area contributed by atoms with Crippen molar-refractivity contribution < 1.29 is 29.7 Å². The molecule has 0 saturated heterocycles. The number of hydrazine groups is 3. The Hall–Kier alpha value is -5.07. The maximum Gasteiger partial charge on any atom is 0.335 e. The number of hydrogen-bond donors (Lipinski definition) is 8. The molecule has 0 aliphatic carbocycles. The smallest absolute Gasteiger partial charge is 0.335 e. The van der Waals surface area contributed by atoms with Crippen LogP contribution in [0.2, 0.25) is 0 Å². The SMILES string of the molecule is O=C(O)c1ccc(NC2=CC(Nc3ccc(C(=O)O)cc3)NN(Nc3ccc(C(=O)O)cc3)N2)cc1. The minimum absolute atomic E-state index is 0.150. The first kappa shape index (κ1) is 24.1. The molecular formula is C24H22N6O6. The lowest BCUT2D eigenvalue weighted by molar-refractivity contribution is 0.0686. The van der Waals surface area contributed by atoms with E-state index < -0.39 is 24.1 Å². The van der Waals surface area contributed by atoms with Crippen LogP contribution >= 0.6 is 0 Å². The Morgan fingerprint density at radius 1 is 0.667 bits per heavy atom. The minimum atomic E-state index is -1.03. The highest BCUT2D eigenvalue weighted by Crippen LogP contribution is 2.17. The monoisotopic (exact) mass is 490 g/mol. The van der Waals surface area contributed by atoms with E-state index in [1.807, 2.05) is 0 Å². The van der Waals surface area contributed by atoms with Crippen molar-refractivity contribution >= 4 is 35.0 Å². The zero-order chi connectivity index (χ0) is 25.7. The number of rotatable bonds is 9. The number of benzene rings is 3. The van der Waals surface area contributed by atoms with Gasteiger partial charge in [0.25, 0.3) is 0 Å². The van der Waals surface area contributed by atoms with E-state index in [1.165, 1.54) is 41.6 Å². The van der Waals surface area contributed by atoms with E-state index in [4.69, 9.17) is 15.3 Å². The van der Waals surface area contributed by atoms with Crippen LogP contribution in [0, 0.1) is 0 Å². The third-order valence-corrected chi connectivity index (χ3v) is 5.07. The molecule has 0 fully saturated rings. The molecule has 3 aromatic rings. The fourth-order valence-corrected chi connectivity index (χ4v) is 3.29. The van der Waals surface area contributed by atoms with Crippen LogP contribution in [0.5, 0.6) is 0 Å². The Morgan fingerprint density at radius 2 is 1.11 bits per heavy atom. The van der Waals surface area contributed by atoms with Crippen molar-refractivity contribution in [2.75, 3.05) is 16.1 Å². The maximum absolute atomic E-state index is 11.1. The molecule has 1 aliphatic heterocycles. The van der Waals surface area contributed by atoms with Crippen LogP contribution < -0.4 is 26.9 Å². The van der Waals surface area contributed by atoms with E-state index in [2.05, 4.69) is 26.9 Å². The van der Waals surface area contributed by atoms with Gasteiger partial charge in [0, 0.05) is 11.4 Å². The van der Waals surface area contributed by atoms with Crippen LogP contribution in [0.4, 0.5) is 17.1 Å². The first-order chi connectivity index (χ1) is 17.3. The van der Waals surface area contributed by atoms with Gasteiger partial charge in [0.2, 0.25) is 0 Å². The standard InChI is InChI=1S/C24H22N6O6/c31-22(32)14-1-7-17(8-2-14)25-20-13-21(26-18-9-3-15(4-10-18)23(33)34)29-30(28-20)27-19-11-5-16(6-12-19)24(35)36/h1-13,20,25-29H,(H,31,32)(H,33,34)(H,35,36). The molecular weight excluding hydrogens is 468 g/mol. The van der Waals surface area contributed by atoms with Crippen molar-refractivity contribution in [3.05, 3.63) is 101 Å². The van der Waals surface area contributed by atoms with Gasteiger partial charge in [-0.05, 0) is 78.9 Å². The summed E-state index contributed by atoms with van der Waals surface area (Å²) in [6, 6.07) is 18.6. The summed E-state index contributed by atoms with van der Waals surface area (Å²) in [6.45, 7) is 0. The lowest BCUT2D eigenvalue weighted by Gasteiger charge is -2.35. The van der Waals surface area contributed by atoms with Gasteiger partial charge in [-0.15, -0.1) is 0 Å². The fourth-order valence-electron chi connectivity index (χ4n) is 3.29. The molecule has 1 heterocycles. The van der Waals surface area contributed by atoms with Gasteiger partial charge in [-0.1, -0.05) is 5.23 Å². The van der Waals surface area contributed by atoms with Crippen molar-refractivity contribution in [1.29, 1.82) is 0 Å². The van der Waals surface area contributed by atoms with Gasteiger partial charge in [0.1, 0.15) is 12.0 Å². The zero-order valence-corrected chi connectivity index (χ0v) is 18.6. The van der Waals surface area contributed by atoms with Crippen LogP contribution in [-0.2, 0) is 0 Å². The molecule has 0 bridgehead atoms. The Labute approximate surface area is 204 Å². The number of nitrogens with one attached hydrogen (secondary N) is 5. The van der Waals surface area contributed by atoms with Crippen molar-refractivity contribution in [2.24, 2.45) is 0 Å². The Kier molecular flexibility index (Phi) is 6.99. The zero-order valence-electron chi connectivity index (χ0n) is 18.6. The highest BCUT2D eigenvalue weighted by Gasteiger charge is 2.20. The first-order valence-corrected chi connectivity index (χ1v) is 10.6. The molecule has 8 N–H and O–H groups in total. The van der Waals surface area contributed by atoms with Crippen LogP contribution in [-0.4, -0.2) is 44.6 Å². The predicted molar refractivity (Wildman–Crippen MR) is 131 cm³/mol. The first-order valence-electron chi connectivity index (χ1n) is 10.6. The van der Waals surface area contributed by atoms with E-state index in [0.29, 0.717) is 22.9 Å². The van der Waals surface area contributed by atoms with E-state index >= 15 is 0 Å². The van der Waals surface area contributed by atoms with Crippen LogP contribution in [0.25, 0.3) is 0 Å². The van der Waals surface area contributed by atoms with Gasteiger partial charge in [-0.2, -0.15) is 5.43 Å². The quantitative estimate of drug-likeness (QED) is 0.220.